The van der Waals surface area contributed by atoms with E-state index < -0.39 is 4.57 Å². The molecule has 1 rings (SSSR count). The Morgan fingerprint density at radius 1 is 1.21 bits per heavy atom. The Hall–Kier alpha value is -0.470. The number of benzene rings is 1. The second-order valence-electron chi connectivity index (χ2n) is 4.11. The average Bonchev–Trinajstić information content (AvgIpc) is 2.02. The number of halogens is 1. The number of thioether (sulfide) groups is 1. The minimum atomic E-state index is -0.395. The SMILES string of the molecule is CC(C)(C)c1ccc(SC(=O)Cl)cc1. The van der Waals surface area contributed by atoms with Gasteiger partial charge < -0.3 is 0 Å². The highest BCUT2D eigenvalue weighted by molar-refractivity contribution is 8.16. The zero-order chi connectivity index (χ0) is 10.8. The van der Waals surface area contributed by atoms with Crippen molar-refractivity contribution >= 4 is 27.9 Å². The molecule has 0 aromatic heterocycles. The van der Waals surface area contributed by atoms with Crippen LogP contribution in [0.5, 0.6) is 0 Å². The Balaban J connectivity index is 2.84. The molecule has 76 valence electrons. The molecule has 0 N–H and O–H groups in total. The van der Waals surface area contributed by atoms with E-state index in [-0.39, 0.29) is 5.41 Å². The molecule has 0 atom stereocenters. The number of carbonyl (C=O) groups excluding carboxylic acids is 1. The standard InChI is InChI=1S/C11H13ClOS/c1-11(2,3)8-4-6-9(7-5-8)14-10(12)13/h4-7H,1-3H3. The van der Waals surface area contributed by atoms with Crippen molar-refractivity contribution in [1.29, 1.82) is 0 Å². The normalized spacial score (nSPS) is 11.4. The fraction of sp³-hybridized carbons (Fsp3) is 0.364. The smallest absolute Gasteiger partial charge is 0.268 e. The Morgan fingerprint density at radius 2 is 1.71 bits per heavy atom. The van der Waals surface area contributed by atoms with Gasteiger partial charge in [-0.05, 0) is 46.5 Å². The number of rotatable bonds is 1. The van der Waals surface area contributed by atoms with Crippen LogP contribution in [0.2, 0.25) is 0 Å². The number of hydrogen-bond donors (Lipinski definition) is 0. The highest BCUT2D eigenvalue weighted by atomic mass is 35.5. The molecule has 0 amide bonds. The molecular weight excluding hydrogens is 216 g/mol. The third-order valence-corrected chi connectivity index (χ3v) is 2.82. The van der Waals surface area contributed by atoms with E-state index in [1.165, 1.54) is 5.56 Å². The van der Waals surface area contributed by atoms with Gasteiger partial charge in [-0.3, -0.25) is 4.79 Å². The molecule has 0 bridgehead atoms. The van der Waals surface area contributed by atoms with Gasteiger partial charge in [-0.2, -0.15) is 0 Å². The number of hydrogen-bond acceptors (Lipinski definition) is 2. The molecule has 0 saturated heterocycles. The van der Waals surface area contributed by atoms with Crippen LogP contribution in [0.25, 0.3) is 0 Å². The first-order chi connectivity index (χ1) is 6.39. The van der Waals surface area contributed by atoms with Crippen LogP contribution in [0, 0.1) is 0 Å². The zero-order valence-electron chi connectivity index (χ0n) is 8.50. The molecule has 0 spiro atoms. The highest BCUT2D eigenvalue weighted by Gasteiger charge is 2.13. The van der Waals surface area contributed by atoms with Crippen molar-refractivity contribution in [3.8, 4) is 0 Å². The monoisotopic (exact) mass is 228 g/mol. The molecule has 1 nitrogen and oxygen atoms in total. The summed E-state index contributed by atoms with van der Waals surface area (Å²) in [5, 5.41) is 0. The predicted molar refractivity (Wildman–Crippen MR) is 62.2 cm³/mol. The molecule has 3 heteroatoms. The van der Waals surface area contributed by atoms with Crippen LogP contribution in [0.3, 0.4) is 0 Å². The van der Waals surface area contributed by atoms with Gasteiger partial charge in [0.25, 0.3) is 4.57 Å². The quantitative estimate of drug-likeness (QED) is 0.522. The van der Waals surface area contributed by atoms with Crippen LogP contribution in [-0.2, 0) is 5.41 Å². The molecule has 14 heavy (non-hydrogen) atoms. The summed E-state index contributed by atoms with van der Waals surface area (Å²) in [5.74, 6) is 0. The van der Waals surface area contributed by atoms with Gasteiger partial charge in [0.05, 0.1) is 0 Å². The molecule has 0 fully saturated rings. The largest absolute Gasteiger partial charge is 0.284 e. The van der Waals surface area contributed by atoms with Gasteiger partial charge >= 0.3 is 0 Å². The second kappa shape index (κ2) is 4.37. The Kier molecular flexibility index (Phi) is 3.62. The molecule has 0 heterocycles. The first-order valence-corrected chi connectivity index (χ1v) is 5.57. The minimum absolute atomic E-state index is 0.147. The van der Waals surface area contributed by atoms with Gasteiger partial charge in [0.1, 0.15) is 0 Å². The maximum absolute atomic E-state index is 10.6. The zero-order valence-corrected chi connectivity index (χ0v) is 10.1. The van der Waals surface area contributed by atoms with Crippen LogP contribution < -0.4 is 0 Å². The minimum Gasteiger partial charge on any atom is -0.268 e. The van der Waals surface area contributed by atoms with Crippen molar-refractivity contribution in [3.63, 3.8) is 0 Å². The predicted octanol–water partition coefficient (Wildman–Crippen LogP) is 4.44. The molecule has 1 aromatic rings. The van der Waals surface area contributed by atoms with E-state index in [4.69, 9.17) is 11.6 Å². The lowest BCUT2D eigenvalue weighted by Crippen LogP contribution is -2.10. The molecule has 0 saturated carbocycles. The lowest BCUT2D eigenvalue weighted by Gasteiger charge is -2.18. The van der Waals surface area contributed by atoms with Crippen molar-refractivity contribution < 1.29 is 4.79 Å². The van der Waals surface area contributed by atoms with Crippen molar-refractivity contribution in [2.45, 2.75) is 31.1 Å². The number of carbonyl (C=O) groups is 1. The van der Waals surface area contributed by atoms with Crippen molar-refractivity contribution in [2.75, 3.05) is 0 Å². The van der Waals surface area contributed by atoms with E-state index in [9.17, 15) is 4.79 Å². The summed E-state index contributed by atoms with van der Waals surface area (Å²) in [6.45, 7) is 6.46. The Bertz CT molecular complexity index is 324. The van der Waals surface area contributed by atoms with E-state index in [0.29, 0.717) is 0 Å². The topological polar surface area (TPSA) is 17.1 Å². The van der Waals surface area contributed by atoms with E-state index in [1.54, 1.807) is 0 Å². The highest BCUT2D eigenvalue weighted by Crippen LogP contribution is 2.26. The molecule has 0 unspecified atom stereocenters. The van der Waals surface area contributed by atoms with Gasteiger partial charge in [-0.1, -0.05) is 32.9 Å². The molecular formula is C11H13ClOS. The summed E-state index contributed by atoms with van der Waals surface area (Å²) >= 11 is 6.31. The maximum Gasteiger partial charge on any atom is 0.284 e. The van der Waals surface area contributed by atoms with Gasteiger partial charge in [-0.15, -0.1) is 0 Å². The van der Waals surface area contributed by atoms with E-state index >= 15 is 0 Å². The average molecular weight is 229 g/mol. The first-order valence-electron chi connectivity index (χ1n) is 4.37. The third-order valence-electron chi connectivity index (χ3n) is 1.92. The Labute approximate surface area is 93.8 Å². The Morgan fingerprint density at radius 3 is 2.07 bits per heavy atom. The van der Waals surface area contributed by atoms with Crippen LogP contribution in [0.4, 0.5) is 4.79 Å². The summed E-state index contributed by atoms with van der Waals surface area (Å²) in [7, 11) is 0. The maximum atomic E-state index is 10.6. The van der Waals surface area contributed by atoms with E-state index in [2.05, 4.69) is 20.8 Å². The van der Waals surface area contributed by atoms with Crippen molar-refractivity contribution in [1.82, 2.24) is 0 Å². The first kappa shape index (κ1) is 11.6. The van der Waals surface area contributed by atoms with Gasteiger partial charge in [-0.25, -0.2) is 0 Å². The molecule has 0 aliphatic rings. The molecule has 0 radical (unpaired) electrons. The summed E-state index contributed by atoms with van der Waals surface area (Å²) in [6, 6.07) is 7.90. The van der Waals surface area contributed by atoms with E-state index in [0.717, 1.165) is 16.7 Å². The van der Waals surface area contributed by atoms with Crippen LogP contribution in [-0.4, -0.2) is 4.57 Å². The van der Waals surface area contributed by atoms with Crippen LogP contribution in [0.15, 0.2) is 29.2 Å². The third kappa shape index (κ3) is 3.35. The second-order valence-corrected chi connectivity index (χ2v) is 5.73. The summed E-state index contributed by atoms with van der Waals surface area (Å²) in [4.78, 5) is 11.5. The van der Waals surface area contributed by atoms with Gasteiger partial charge in [0, 0.05) is 4.90 Å². The summed E-state index contributed by atoms with van der Waals surface area (Å²) in [5.41, 5.74) is 1.40. The van der Waals surface area contributed by atoms with Crippen molar-refractivity contribution in [3.05, 3.63) is 29.8 Å². The summed E-state index contributed by atoms with van der Waals surface area (Å²) in [6.07, 6.45) is 0. The van der Waals surface area contributed by atoms with Gasteiger partial charge in [0.2, 0.25) is 0 Å². The summed E-state index contributed by atoms with van der Waals surface area (Å²) < 4.78 is -0.395. The van der Waals surface area contributed by atoms with Crippen molar-refractivity contribution in [2.24, 2.45) is 0 Å². The fourth-order valence-electron chi connectivity index (χ4n) is 1.12. The molecule has 1 aromatic carbocycles. The lowest BCUT2D eigenvalue weighted by molar-refractivity contribution is 0.276. The van der Waals surface area contributed by atoms with Gasteiger partial charge in [0.15, 0.2) is 0 Å². The molecule has 0 aliphatic heterocycles. The fourth-order valence-corrected chi connectivity index (χ4v) is 1.84. The lowest BCUT2D eigenvalue weighted by atomic mass is 9.87. The van der Waals surface area contributed by atoms with Crippen LogP contribution in [0.1, 0.15) is 26.3 Å². The molecule has 0 aliphatic carbocycles. The van der Waals surface area contributed by atoms with E-state index in [1.807, 2.05) is 24.3 Å². The van der Waals surface area contributed by atoms with Crippen LogP contribution >= 0.6 is 23.4 Å².